The van der Waals surface area contributed by atoms with E-state index in [0.29, 0.717) is 6.54 Å². The molecule has 4 nitrogen and oxygen atoms in total. The molecule has 0 spiro atoms. The number of aliphatic hydroxyl groups is 1. The van der Waals surface area contributed by atoms with Crippen LogP contribution in [0.15, 0.2) is 24.3 Å². The van der Waals surface area contributed by atoms with E-state index in [4.69, 9.17) is 0 Å². The Hall–Kier alpha value is -1.62. The number of hydrogen-bond acceptors (Lipinski definition) is 3. The van der Waals surface area contributed by atoms with Crippen molar-refractivity contribution in [3.8, 4) is 0 Å². The SMILES string of the molecule is CC1CN(c2ccc(F)cc2)C(CO)C(=O)N1C. The predicted molar refractivity (Wildman–Crippen MR) is 66.9 cm³/mol. The highest BCUT2D eigenvalue weighted by Gasteiger charge is 2.36. The molecule has 1 fully saturated rings. The molecule has 1 saturated heterocycles. The number of aliphatic hydroxyl groups excluding tert-OH is 1. The zero-order valence-electron chi connectivity index (χ0n) is 10.5. The third kappa shape index (κ3) is 2.18. The van der Waals surface area contributed by atoms with Gasteiger partial charge in [-0.2, -0.15) is 0 Å². The quantitative estimate of drug-likeness (QED) is 0.848. The molecule has 1 aliphatic heterocycles. The second kappa shape index (κ2) is 4.94. The standard InChI is InChI=1S/C13H17FN2O2/c1-9-7-16(11-5-3-10(14)4-6-11)12(8-17)13(18)15(9)2/h3-6,9,12,17H,7-8H2,1-2H3. The van der Waals surface area contributed by atoms with Crippen molar-refractivity contribution in [3.63, 3.8) is 0 Å². The fourth-order valence-corrected chi connectivity index (χ4v) is 2.21. The molecule has 0 aromatic heterocycles. The van der Waals surface area contributed by atoms with E-state index in [-0.39, 0.29) is 24.4 Å². The normalized spacial score (nSPS) is 24.6. The summed E-state index contributed by atoms with van der Waals surface area (Å²) in [6.07, 6.45) is 0. The van der Waals surface area contributed by atoms with Crippen LogP contribution in [0, 0.1) is 5.82 Å². The van der Waals surface area contributed by atoms with Crippen LogP contribution in [0.25, 0.3) is 0 Å². The maximum atomic E-state index is 12.9. The van der Waals surface area contributed by atoms with E-state index < -0.39 is 6.04 Å². The molecule has 1 N–H and O–H groups in total. The Morgan fingerprint density at radius 1 is 1.39 bits per heavy atom. The van der Waals surface area contributed by atoms with Gasteiger partial charge in [0.05, 0.1) is 6.61 Å². The zero-order chi connectivity index (χ0) is 13.3. The molecule has 1 heterocycles. The van der Waals surface area contributed by atoms with Crippen molar-refractivity contribution in [3.05, 3.63) is 30.1 Å². The Balaban J connectivity index is 2.30. The molecule has 0 radical (unpaired) electrons. The van der Waals surface area contributed by atoms with Crippen molar-refractivity contribution in [2.75, 3.05) is 25.1 Å². The van der Waals surface area contributed by atoms with Gasteiger partial charge in [0.2, 0.25) is 5.91 Å². The highest BCUT2D eigenvalue weighted by molar-refractivity contribution is 5.87. The van der Waals surface area contributed by atoms with Crippen molar-refractivity contribution in [2.24, 2.45) is 0 Å². The van der Waals surface area contributed by atoms with E-state index in [0.717, 1.165) is 5.69 Å². The summed E-state index contributed by atoms with van der Waals surface area (Å²) in [6.45, 7) is 2.33. The largest absolute Gasteiger partial charge is 0.394 e. The molecule has 18 heavy (non-hydrogen) atoms. The van der Waals surface area contributed by atoms with Crippen molar-refractivity contribution >= 4 is 11.6 Å². The van der Waals surface area contributed by atoms with Gasteiger partial charge >= 0.3 is 0 Å². The van der Waals surface area contributed by atoms with Gasteiger partial charge in [-0.25, -0.2) is 4.39 Å². The van der Waals surface area contributed by atoms with Gasteiger partial charge in [0.1, 0.15) is 11.9 Å². The number of rotatable bonds is 2. The average Bonchev–Trinajstić information content (AvgIpc) is 2.37. The minimum atomic E-state index is -0.586. The lowest BCUT2D eigenvalue weighted by Crippen LogP contribution is -2.61. The average molecular weight is 252 g/mol. The first-order valence-electron chi connectivity index (χ1n) is 5.94. The third-order valence-electron chi connectivity index (χ3n) is 3.46. The molecule has 2 unspecified atom stereocenters. The smallest absolute Gasteiger partial charge is 0.247 e. The van der Waals surface area contributed by atoms with E-state index in [1.54, 1.807) is 24.1 Å². The molecule has 0 saturated carbocycles. The highest BCUT2D eigenvalue weighted by Crippen LogP contribution is 2.23. The number of carbonyl (C=O) groups is 1. The highest BCUT2D eigenvalue weighted by atomic mass is 19.1. The first-order chi connectivity index (χ1) is 8.54. The summed E-state index contributed by atoms with van der Waals surface area (Å²) < 4.78 is 12.9. The van der Waals surface area contributed by atoms with Crippen LogP contribution in [0.1, 0.15) is 6.92 Å². The molecule has 1 aromatic carbocycles. The molecule has 5 heteroatoms. The number of benzene rings is 1. The first kappa shape index (κ1) is 12.8. The topological polar surface area (TPSA) is 43.8 Å². The summed E-state index contributed by atoms with van der Waals surface area (Å²) in [4.78, 5) is 15.5. The summed E-state index contributed by atoms with van der Waals surface area (Å²) in [6, 6.07) is 5.45. The van der Waals surface area contributed by atoms with E-state index >= 15 is 0 Å². The van der Waals surface area contributed by atoms with E-state index in [9.17, 15) is 14.3 Å². The van der Waals surface area contributed by atoms with E-state index in [2.05, 4.69) is 0 Å². The van der Waals surface area contributed by atoms with Crippen LogP contribution in [0.4, 0.5) is 10.1 Å². The fraction of sp³-hybridized carbons (Fsp3) is 0.462. The summed E-state index contributed by atoms with van der Waals surface area (Å²) in [5, 5.41) is 9.39. The van der Waals surface area contributed by atoms with Gasteiger partial charge in [-0.15, -0.1) is 0 Å². The number of nitrogens with zero attached hydrogens (tertiary/aromatic N) is 2. The fourth-order valence-electron chi connectivity index (χ4n) is 2.21. The molecule has 0 aliphatic carbocycles. The lowest BCUT2D eigenvalue weighted by molar-refractivity contribution is -0.136. The van der Waals surface area contributed by atoms with Gasteiger partial charge in [0, 0.05) is 25.3 Å². The van der Waals surface area contributed by atoms with Gasteiger partial charge in [0.15, 0.2) is 0 Å². The van der Waals surface area contributed by atoms with Crippen LogP contribution >= 0.6 is 0 Å². The van der Waals surface area contributed by atoms with Crippen LogP contribution < -0.4 is 4.90 Å². The summed E-state index contributed by atoms with van der Waals surface area (Å²) in [7, 11) is 1.73. The van der Waals surface area contributed by atoms with Crippen molar-refractivity contribution in [1.29, 1.82) is 0 Å². The molecular formula is C13H17FN2O2. The van der Waals surface area contributed by atoms with Crippen LogP contribution in [0.3, 0.4) is 0 Å². The van der Waals surface area contributed by atoms with E-state index in [1.807, 2.05) is 11.8 Å². The number of piperazine rings is 1. The molecule has 1 aliphatic rings. The lowest BCUT2D eigenvalue weighted by Gasteiger charge is -2.43. The lowest BCUT2D eigenvalue weighted by atomic mass is 10.1. The molecule has 1 aromatic rings. The Labute approximate surface area is 106 Å². The molecule has 2 atom stereocenters. The number of halogens is 1. The zero-order valence-corrected chi connectivity index (χ0v) is 10.5. The maximum absolute atomic E-state index is 12.9. The van der Waals surface area contributed by atoms with Gasteiger partial charge in [-0.3, -0.25) is 4.79 Å². The molecule has 2 rings (SSSR count). The number of carbonyl (C=O) groups excluding carboxylic acids is 1. The van der Waals surface area contributed by atoms with Crippen LogP contribution in [-0.4, -0.2) is 48.2 Å². The van der Waals surface area contributed by atoms with Crippen LogP contribution in [0.2, 0.25) is 0 Å². The number of anilines is 1. The first-order valence-corrected chi connectivity index (χ1v) is 5.94. The van der Waals surface area contributed by atoms with Gasteiger partial charge in [-0.1, -0.05) is 0 Å². The molecule has 1 amide bonds. The van der Waals surface area contributed by atoms with Crippen molar-refractivity contribution in [2.45, 2.75) is 19.0 Å². The van der Waals surface area contributed by atoms with Crippen molar-refractivity contribution < 1.29 is 14.3 Å². The monoisotopic (exact) mass is 252 g/mol. The summed E-state index contributed by atoms with van der Waals surface area (Å²) in [5.74, 6) is -0.423. The van der Waals surface area contributed by atoms with Crippen LogP contribution in [-0.2, 0) is 4.79 Å². The second-order valence-electron chi connectivity index (χ2n) is 4.63. The van der Waals surface area contributed by atoms with Crippen LogP contribution in [0.5, 0.6) is 0 Å². The van der Waals surface area contributed by atoms with Gasteiger partial charge < -0.3 is 14.9 Å². The minimum absolute atomic E-state index is 0.0605. The minimum Gasteiger partial charge on any atom is -0.394 e. The number of likely N-dealkylation sites (N-methyl/N-ethyl adjacent to an activating group) is 1. The maximum Gasteiger partial charge on any atom is 0.247 e. The van der Waals surface area contributed by atoms with E-state index in [1.165, 1.54) is 12.1 Å². The Bertz CT molecular complexity index is 435. The molecule has 0 bridgehead atoms. The summed E-state index contributed by atoms with van der Waals surface area (Å²) in [5.41, 5.74) is 0.753. The molecule has 98 valence electrons. The Morgan fingerprint density at radius 3 is 2.56 bits per heavy atom. The number of hydrogen-bond donors (Lipinski definition) is 1. The second-order valence-corrected chi connectivity index (χ2v) is 4.63. The number of amides is 1. The third-order valence-corrected chi connectivity index (χ3v) is 3.46. The van der Waals surface area contributed by atoms with Crippen molar-refractivity contribution in [1.82, 2.24) is 4.90 Å². The van der Waals surface area contributed by atoms with Gasteiger partial charge in [0.25, 0.3) is 0 Å². The summed E-state index contributed by atoms with van der Waals surface area (Å²) >= 11 is 0. The predicted octanol–water partition coefficient (Wildman–Crippen LogP) is 0.853. The molecular weight excluding hydrogens is 235 g/mol. The Kier molecular flexibility index (Phi) is 3.52. The Morgan fingerprint density at radius 2 is 2.00 bits per heavy atom. The van der Waals surface area contributed by atoms with Gasteiger partial charge in [-0.05, 0) is 31.2 Å².